The summed E-state index contributed by atoms with van der Waals surface area (Å²) in [7, 11) is 0. The van der Waals surface area contributed by atoms with Gasteiger partial charge in [-0.3, -0.25) is 0 Å². The molecule has 0 N–H and O–H groups in total. The standard InChI is InChI=1S/C28H24N4/c1-21-3-13-25(14-4-21)29-31-27-17-9-23(10-18-27)7-8-24-11-19-28(20-12-24)32-30-26-15-5-22(2)6-16-26/h3-20H,1-2H3/b8-7+,31-29?,32-30?. The topological polar surface area (TPSA) is 49.4 Å². The molecule has 0 aliphatic carbocycles. The van der Waals surface area contributed by atoms with Gasteiger partial charge in [0, 0.05) is 0 Å². The molecule has 4 heteroatoms. The van der Waals surface area contributed by atoms with Crippen LogP contribution in [0.25, 0.3) is 12.2 Å². The summed E-state index contributed by atoms with van der Waals surface area (Å²) < 4.78 is 0. The maximum absolute atomic E-state index is 4.30. The first kappa shape index (κ1) is 21.1. The van der Waals surface area contributed by atoms with Gasteiger partial charge < -0.3 is 0 Å². The molecule has 0 unspecified atom stereocenters. The van der Waals surface area contributed by atoms with Crippen LogP contribution in [0.2, 0.25) is 0 Å². The number of hydrogen-bond acceptors (Lipinski definition) is 4. The molecule has 0 atom stereocenters. The average Bonchev–Trinajstić information content (AvgIpc) is 2.83. The highest BCUT2D eigenvalue weighted by Crippen LogP contribution is 2.22. The zero-order chi connectivity index (χ0) is 22.2. The normalized spacial score (nSPS) is 11.7. The van der Waals surface area contributed by atoms with Crippen LogP contribution >= 0.6 is 0 Å². The smallest absolute Gasteiger partial charge is 0.0857 e. The minimum absolute atomic E-state index is 0.825. The second-order valence-electron chi connectivity index (χ2n) is 7.59. The molecule has 0 radical (unpaired) electrons. The van der Waals surface area contributed by atoms with Gasteiger partial charge in [0.15, 0.2) is 0 Å². The second-order valence-corrected chi connectivity index (χ2v) is 7.59. The summed E-state index contributed by atoms with van der Waals surface area (Å²) in [6.07, 6.45) is 4.15. The lowest BCUT2D eigenvalue weighted by Crippen LogP contribution is -1.73. The summed E-state index contributed by atoms with van der Waals surface area (Å²) in [5.41, 5.74) is 7.97. The molecule has 0 amide bonds. The summed E-state index contributed by atoms with van der Waals surface area (Å²) in [6, 6.07) is 32.0. The summed E-state index contributed by atoms with van der Waals surface area (Å²) in [6.45, 7) is 4.11. The number of nitrogens with zero attached hydrogens (tertiary/aromatic N) is 4. The summed E-state index contributed by atoms with van der Waals surface area (Å²) in [5, 5.41) is 17.2. The Kier molecular flexibility index (Phi) is 6.73. The molecule has 0 aliphatic heterocycles. The third-order valence-corrected chi connectivity index (χ3v) is 4.88. The van der Waals surface area contributed by atoms with Gasteiger partial charge in [0.05, 0.1) is 22.7 Å². The molecule has 32 heavy (non-hydrogen) atoms. The summed E-state index contributed by atoms with van der Waals surface area (Å²) in [4.78, 5) is 0. The van der Waals surface area contributed by atoms with E-state index in [1.165, 1.54) is 11.1 Å². The first-order chi connectivity index (χ1) is 15.6. The Morgan fingerprint density at radius 1 is 0.375 bits per heavy atom. The number of rotatable bonds is 6. The lowest BCUT2D eigenvalue weighted by Gasteiger charge is -1.98. The number of azo groups is 2. The van der Waals surface area contributed by atoms with Gasteiger partial charge in [-0.05, 0) is 73.5 Å². The van der Waals surface area contributed by atoms with Crippen molar-refractivity contribution in [1.82, 2.24) is 0 Å². The van der Waals surface area contributed by atoms with Gasteiger partial charge in [-0.25, -0.2) is 0 Å². The highest BCUT2D eigenvalue weighted by Gasteiger charge is 1.95. The minimum Gasteiger partial charge on any atom is -0.151 e. The van der Waals surface area contributed by atoms with E-state index in [1.807, 2.05) is 97.1 Å². The van der Waals surface area contributed by atoms with E-state index in [0.717, 1.165) is 33.9 Å². The van der Waals surface area contributed by atoms with Crippen LogP contribution < -0.4 is 0 Å². The average molecular weight is 417 g/mol. The second kappa shape index (κ2) is 10.2. The molecule has 4 rings (SSSR count). The van der Waals surface area contributed by atoms with Crippen LogP contribution in [0.15, 0.2) is 118 Å². The highest BCUT2D eigenvalue weighted by atomic mass is 15.1. The van der Waals surface area contributed by atoms with Gasteiger partial charge >= 0.3 is 0 Å². The number of hydrogen-bond donors (Lipinski definition) is 0. The largest absolute Gasteiger partial charge is 0.151 e. The van der Waals surface area contributed by atoms with Gasteiger partial charge in [-0.1, -0.05) is 71.8 Å². The van der Waals surface area contributed by atoms with Crippen LogP contribution in [-0.2, 0) is 0 Å². The van der Waals surface area contributed by atoms with E-state index < -0.39 is 0 Å². The molecule has 0 saturated heterocycles. The molecule has 0 bridgehead atoms. The van der Waals surface area contributed by atoms with Crippen molar-refractivity contribution in [3.05, 3.63) is 119 Å². The van der Waals surface area contributed by atoms with E-state index in [1.54, 1.807) is 0 Å². The van der Waals surface area contributed by atoms with Crippen molar-refractivity contribution < 1.29 is 0 Å². The molecule has 4 aromatic carbocycles. The Hall–Kier alpha value is -4.18. The number of aryl methyl sites for hydroxylation is 2. The molecule has 0 spiro atoms. The quantitative estimate of drug-likeness (QED) is 0.222. The first-order valence-corrected chi connectivity index (χ1v) is 10.5. The van der Waals surface area contributed by atoms with Gasteiger partial charge in [-0.15, -0.1) is 0 Å². The minimum atomic E-state index is 0.825. The molecule has 4 aromatic rings. The van der Waals surface area contributed by atoms with E-state index in [4.69, 9.17) is 0 Å². The third-order valence-electron chi connectivity index (χ3n) is 4.88. The summed E-state index contributed by atoms with van der Waals surface area (Å²) in [5.74, 6) is 0. The first-order valence-electron chi connectivity index (χ1n) is 10.5. The van der Waals surface area contributed by atoms with E-state index in [-0.39, 0.29) is 0 Å². The molecule has 0 fully saturated rings. The maximum atomic E-state index is 4.30. The Bertz CT molecular complexity index is 1130. The van der Waals surface area contributed by atoms with E-state index in [9.17, 15) is 0 Å². The molecule has 0 heterocycles. The lowest BCUT2D eigenvalue weighted by molar-refractivity contribution is 1.23. The lowest BCUT2D eigenvalue weighted by atomic mass is 10.1. The monoisotopic (exact) mass is 416 g/mol. The molecule has 4 nitrogen and oxygen atoms in total. The highest BCUT2D eigenvalue weighted by molar-refractivity contribution is 5.70. The zero-order valence-electron chi connectivity index (χ0n) is 18.2. The SMILES string of the molecule is Cc1ccc(N=Nc2ccc(/C=C/c3ccc(N=Nc4ccc(C)cc4)cc3)cc2)cc1. The predicted molar refractivity (Wildman–Crippen MR) is 133 cm³/mol. The van der Waals surface area contributed by atoms with Crippen LogP contribution in [0.4, 0.5) is 22.7 Å². The fraction of sp³-hybridized carbons (Fsp3) is 0.0714. The number of benzene rings is 4. The van der Waals surface area contributed by atoms with Crippen LogP contribution in [-0.4, -0.2) is 0 Å². The van der Waals surface area contributed by atoms with Crippen molar-refractivity contribution in [3.63, 3.8) is 0 Å². The van der Waals surface area contributed by atoms with Gasteiger partial charge in [0.1, 0.15) is 0 Å². The fourth-order valence-corrected chi connectivity index (χ4v) is 2.95. The van der Waals surface area contributed by atoms with Gasteiger partial charge in [0.25, 0.3) is 0 Å². The van der Waals surface area contributed by atoms with Gasteiger partial charge in [-0.2, -0.15) is 20.5 Å². The van der Waals surface area contributed by atoms with E-state index in [0.29, 0.717) is 0 Å². The Morgan fingerprint density at radius 2 is 0.625 bits per heavy atom. The van der Waals surface area contributed by atoms with Crippen molar-refractivity contribution in [2.24, 2.45) is 20.5 Å². The zero-order valence-corrected chi connectivity index (χ0v) is 18.2. The summed E-state index contributed by atoms with van der Waals surface area (Å²) >= 11 is 0. The van der Waals surface area contributed by atoms with Crippen LogP contribution in [0.5, 0.6) is 0 Å². The molecular formula is C28H24N4. The van der Waals surface area contributed by atoms with Crippen molar-refractivity contribution in [1.29, 1.82) is 0 Å². The molecule has 0 aromatic heterocycles. The van der Waals surface area contributed by atoms with Gasteiger partial charge in [0.2, 0.25) is 0 Å². The maximum Gasteiger partial charge on any atom is 0.0857 e. The fourth-order valence-electron chi connectivity index (χ4n) is 2.95. The third kappa shape index (κ3) is 6.16. The van der Waals surface area contributed by atoms with Crippen molar-refractivity contribution >= 4 is 34.9 Å². The van der Waals surface area contributed by atoms with Crippen molar-refractivity contribution in [2.45, 2.75) is 13.8 Å². The Balaban J connectivity index is 1.35. The van der Waals surface area contributed by atoms with E-state index in [2.05, 4.69) is 46.5 Å². The Labute approximate surface area is 188 Å². The molecule has 0 saturated carbocycles. The molecular weight excluding hydrogens is 392 g/mol. The van der Waals surface area contributed by atoms with Crippen LogP contribution in [0.1, 0.15) is 22.3 Å². The van der Waals surface area contributed by atoms with Crippen molar-refractivity contribution in [2.75, 3.05) is 0 Å². The van der Waals surface area contributed by atoms with Crippen molar-refractivity contribution in [3.8, 4) is 0 Å². The molecule has 156 valence electrons. The van der Waals surface area contributed by atoms with E-state index >= 15 is 0 Å². The predicted octanol–water partition coefficient (Wildman–Crippen LogP) is 9.30. The molecule has 0 aliphatic rings. The Morgan fingerprint density at radius 3 is 0.906 bits per heavy atom. The van der Waals surface area contributed by atoms with Crippen LogP contribution in [0.3, 0.4) is 0 Å². The van der Waals surface area contributed by atoms with Crippen LogP contribution in [0, 0.1) is 13.8 Å².